The minimum Gasteiger partial charge on any atom is -1.00 e. The molecule has 0 unspecified atom stereocenters. The molecule has 2 aromatic carbocycles. The van der Waals surface area contributed by atoms with Crippen LogP contribution >= 0.6 is 11.6 Å². The molecule has 32 heavy (non-hydrogen) atoms. The van der Waals surface area contributed by atoms with Gasteiger partial charge in [-0.25, -0.2) is 0 Å². The molecule has 0 radical (unpaired) electrons. The Morgan fingerprint density at radius 2 is 1.75 bits per heavy atom. The molecule has 0 saturated heterocycles. The molecule has 0 aliphatic carbocycles. The van der Waals surface area contributed by atoms with Gasteiger partial charge in [0, 0.05) is 23.7 Å². The smallest absolute Gasteiger partial charge is 0.387 e. The second-order valence-electron chi connectivity index (χ2n) is 6.50. The van der Waals surface area contributed by atoms with Gasteiger partial charge in [0.15, 0.2) is 12.4 Å². The van der Waals surface area contributed by atoms with Gasteiger partial charge in [0.25, 0.3) is 11.8 Å². The number of hydrogen-bond acceptors (Lipinski definition) is 3. The van der Waals surface area contributed by atoms with Crippen LogP contribution in [0.1, 0.15) is 15.9 Å². The highest BCUT2D eigenvalue weighted by Crippen LogP contribution is 2.20. The zero-order chi connectivity index (χ0) is 22.2. The highest BCUT2D eigenvalue weighted by Gasteiger charge is 2.13. The Morgan fingerprint density at radius 3 is 2.44 bits per heavy atom. The van der Waals surface area contributed by atoms with Gasteiger partial charge in [-0.3, -0.25) is 9.59 Å². The average Bonchev–Trinajstić information content (AvgIpc) is 2.74. The number of halogens is 4. The summed E-state index contributed by atoms with van der Waals surface area (Å²) in [4.78, 5) is 24.5. The van der Waals surface area contributed by atoms with Crippen molar-refractivity contribution >= 4 is 29.1 Å². The molecule has 2 amide bonds. The first-order valence-electron chi connectivity index (χ1n) is 9.26. The number of ether oxygens (including phenoxy) is 1. The molecule has 3 aromatic rings. The van der Waals surface area contributed by atoms with Gasteiger partial charge in [0.05, 0.1) is 10.7 Å². The standard InChI is InChI=1S/C22H18ClF2N3O3.ClH/c23-18-5-1-2-6-19(18)27-20(29)14-28-11-3-4-15(13-28)12-26-21(30)16-7-9-17(10-8-16)31-22(24)25;/h1-11,13,22H,12,14H2,(H-,26,27,29,30);1H. The van der Waals surface area contributed by atoms with E-state index in [2.05, 4.69) is 15.4 Å². The highest BCUT2D eigenvalue weighted by atomic mass is 35.5. The van der Waals surface area contributed by atoms with E-state index in [4.69, 9.17) is 11.6 Å². The Hall–Kier alpha value is -3.23. The molecule has 0 fully saturated rings. The van der Waals surface area contributed by atoms with E-state index in [0.29, 0.717) is 16.3 Å². The lowest BCUT2D eigenvalue weighted by atomic mass is 10.2. The van der Waals surface area contributed by atoms with Crippen LogP contribution in [0.25, 0.3) is 0 Å². The van der Waals surface area contributed by atoms with E-state index in [1.165, 1.54) is 24.3 Å². The molecule has 0 aliphatic heterocycles. The maximum atomic E-state index is 12.3. The van der Waals surface area contributed by atoms with Crippen LogP contribution in [0.5, 0.6) is 5.75 Å². The zero-order valence-corrected chi connectivity index (χ0v) is 18.1. The number of pyridine rings is 1. The quantitative estimate of drug-likeness (QED) is 0.467. The predicted molar refractivity (Wildman–Crippen MR) is 111 cm³/mol. The van der Waals surface area contributed by atoms with Crippen LogP contribution in [0.15, 0.2) is 73.1 Å². The summed E-state index contributed by atoms with van der Waals surface area (Å²) in [6.07, 6.45) is 3.48. The number of alkyl halides is 2. The Balaban J connectivity index is 0.00000363. The van der Waals surface area contributed by atoms with E-state index >= 15 is 0 Å². The maximum Gasteiger partial charge on any atom is 0.387 e. The normalized spacial score (nSPS) is 10.2. The molecule has 10 heteroatoms. The first-order valence-corrected chi connectivity index (χ1v) is 9.64. The van der Waals surface area contributed by atoms with E-state index < -0.39 is 6.61 Å². The fourth-order valence-corrected chi connectivity index (χ4v) is 2.95. The van der Waals surface area contributed by atoms with E-state index in [-0.39, 0.29) is 43.1 Å². The van der Waals surface area contributed by atoms with E-state index in [0.717, 1.165) is 5.56 Å². The van der Waals surface area contributed by atoms with Gasteiger partial charge in [-0.15, -0.1) is 0 Å². The number of aromatic nitrogens is 1. The van der Waals surface area contributed by atoms with Crippen molar-refractivity contribution in [3.8, 4) is 5.75 Å². The van der Waals surface area contributed by atoms with Gasteiger partial charge >= 0.3 is 6.61 Å². The number of carbonyl (C=O) groups excluding carboxylic acids is 2. The molecule has 1 heterocycles. The topological polar surface area (TPSA) is 71.3 Å². The molecular formula is C22H19Cl2F2N3O3. The summed E-state index contributed by atoms with van der Waals surface area (Å²) in [6, 6.07) is 15.9. The number of nitrogens with one attached hydrogen (secondary N) is 2. The molecule has 0 spiro atoms. The van der Waals surface area contributed by atoms with Gasteiger partial charge in [0.2, 0.25) is 6.54 Å². The lowest BCUT2D eigenvalue weighted by Gasteiger charge is -2.07. The van der Waals surface area contributed by atoms with Crippen molar-refractivity contribution in [2.24, 2.45) is 0 Å². The second kappa shape index (κ2) is 12.0. The number of anilines is 1. The van der Waals surface area contributed by atoms with Crippen molar-refractivity contribution in [1.29, 1.82) is 0 Å². The van der Waals surface area contributed by atoms with Crippen molar-refractivity contribution in [3.63, 3.8) is 0 Å². The van der Waals surface area contributed by atoms with E-state index in [1.54, 1.807) is 47.3 Å². The van der Waals surface area contributed by atoms with Crippen molar-refractivity contribution < 1.29 is 40.1 Å². The van der Waals surface area contributed by atoms with Crippen LogP contribution in [-0.2, 0) is 17.9 Å². The number of benzene rings is 2. The molecule has 0 saturated carbocycles. The first kappa shape index (κ1) is 25.0. The van der Waals surface area contributed by atoms with E-state index in [9.17, 15) is 18.4 Å². The highest BCUT2D eigenvalue weighted by molar-refractivity contribution is 6.33. The van der Waals surface area contributed by atoms with Crippen molar-refractivity contribution in [2.45, 2.75) is 19.7 Å². The summed E-state index contributed by atoms with van der Waals surface area (Å²) in [6.45, 7) is -2.63. The van der Waals surface area contributed by atoms with Gasteiger partial charge in [0.1, 0.15) is 5.75 Å². The number of amides is 2. The fourth-order valence-electron chi connectivity index (χ4n) is 2.77. The SMILES string of the molecule is O=C(C[n+]1cccc(CNC(=O)c2ccc(OC(F)F)cc2)c1)Nc1ccccc1Cl.[Cl-]. The Morgan fingerprint density at radius 1 is 1.03 bits per heavy atom. The zero-order valence-electron chi connectivity index (χ0n) is 16.6. The van der Waals surface area contributed by atoms with Gasteiger partial charge < -0.3 is 27.8 Å². The monoisotopic (exact) mass is 481 g/mol. The minimum absolute atomic E-state index is 0. The summed E-state index contributed by atoms with van der Waals surface area (Å²) < 4.78 is 30.3. The predicted octanol–water partition coefficient (Wildman–Crippen LogP) is 0.802. The lowest BCUT2D eigenvalue weighted by Crippen LogP contribution is -3.00. The second-order valence-corrected chi connectivity index (χ2v) is 6.91. The average molecular weight is 482 g/mol. The molecule has 6 nitrogen and oxygen atoms in total. The summed E-state index contributed by atoms with van der Waals surface area (Å²) in [5, 5.41) is 5.94. The van der Waals surface area contributed by atoms with Crippen molar-refractivity contribution in [3.05, 3.63) is 89.2 Å². The Bertz CT molecular complexity index is 1070. The Kier molecular flexibility index (Phi) is 9.37. The molecule has 2 N–H and O–H groups in total. The van der Waals surface area contributed by atoms with Crippen LogP contribution in [-0.4, -0.2) is 18.4 Å². The number of carbonyl (C=O) groups is 2. The van der Waals surface area contributed by atoms with Crippen LogP contribution in [0.3, 0.4) is 0 Å². The molecule has 3 rings (SSSR count). The van der Waals surface area contributed by atoms with Crippen LogP contribution in [0.2, 0.25) is 5.02 Å². The number of para-hydroxylation sites is 1. The Labute approximate surface area is 194 Å². The lowest BCUT2D eigenvalue weighted by molar-refractivity contribution is -0.684. The largest absolute Gasteiger partial charge is 1.00 e. The van der Waals surface area contributed by atoms with Gasteiger partial charge in [-0.1, -0.05) is 23.7 Å². The first-order chi connectivity index (χ1) is 14.9. The van der Waals surface area contributed by atoms with Crippen molar-refractivity contribution in [2.75, 3.05) is 5.32 Å². The van der Waals surface area contributed by atoms with Crippen LogP contribution in [0, 0.1) is 0 Å². The van der Waals surface area contributed by atoms with Crippen molar-refractivity contribution in [1.82, 2.24) is 5.32 Å². The number of hydrogen-bond donors (Lipinski definition) is 2. The van der Waals surface area contributed by atoms with Gasteiger partial charge in [-0.05, 0) is 42.5 Å². The minimum atomic E-state index is -2.92. The third-order valence-corrected chi connectivity index (χ3v) is 4.52. The summed E-state index contributed by atoms with van der Waals surface area (Å²) in [5.74, 6) is -0.633. The maximum absolute atomic E-state index is 12.3. The van der Waals surface area contributed by atoms with Crippen LogP contribution in [0.4, 0.5) is 14.5 Å². The summed E-state index contributed by atoms with van der Waals surface area (Å²) in [5.41, 5.74) is 1.62. The summed E-state index contributed by atoms with van der Waals surface area (Å²) in [7, 11) is 0. The van der Waals surface area contributed by atoms with E-state index in [1.807, 2.05) is 6.07 Å². The molecular weight excluding hydrogens is 463 g/mol. The number of rotatable bonds is 8. The number of nitrogens with zero attached hydrogens (tertiary/aromatic N) is 1. The van der Waals surface area contributed by atoms with Crippen LogP contribution < -0.4 is 32.3 Å². The van der Waals surface area contributed by atoms with Gasteiger partial charge in [-0.2, -0.15) is 13.3 Å². The third-order valence-electron chi connectivity index (χ3n) is 4.19. The molecule has 0 atom stereocenters. The molecule has 0 bridgehead atoms. The molecule has 168 valence electrons. The third kappa shape index (κ3) is 7.47. The molecule has 0 aliphatic rings. The summed E-state index contributed by atoms with van der Waals surface area (Å²) >= 11 is 6.05. The fraction of sp³-hybridized carbons (Fsp3) is 0.136. The molecule has 1 aromatic heterocycles.